The zero-order chi connectivity index (χ0) is 47.1. The Bertz CT molecular complexity index is 1440. The minimum Gasteiger partial charge on any atom is -0.462 e. The van der Waals surface area contributed by atoms with Gasteiger partial charge >= 0.3 is 19.8 Å². The van der Waals surface area contributed by atoms with Gasteiger partial charge in [-0.1, -0.05) is 179 Å². The SMILES string of the molecule is CCCCCCCCCCC#CC#CCCCCCCCCC(=O)OCC(COP(=O)(O)OCC[N+](C)(C)C)OC(=O)CCCCCCCCC#CC#CCCCCCCCCCC. The van der Waals surface area contributed by atoms with Gasteiger partial charge in [-0.2, -0.15) is 0 Å². The summed E-state index contributed by atoms with van der Waals surface area (Å²) in [5, 5.41) is 0. The van der Waals surface area contributed by atoms with Gasteiger partial charge in [-0.15, -0.1) is 0 Å². The third-order valence-corrected chi connectivity index (χ3v) is 11.8. The summed E-state index contributed by atoms with van der Waals surface area (Å²) in [6.07, 6.45) is 35.6. The molecule has 0 aromatic rings. The minimum absolute atomic E-state index is 0.0149. The van der Waals surface area contributed by atoms with Crippen molar-refractivity contribution in [3.63, 3.8) is 0 Å². The van der Waals surface area contributed by atoms with E-state index in [0.29, 0.717) is 23.9 Å². The van der Waals surface area contributed by atoms with Crippen molar-refractivity contribution < 1.29 is 42.1 Å². The molecule has 9 nitrogen and oxygen atoms in total. The highest BCUT2D eigenvalue weighted by Crippen LogP contribution is 2.43. The normalized spacial score (nSPS) is 12.3. The van der Waals surface area contributed by atoms with E-state index in [4.69, 9.17) is 18.5 Å². The number of unbranched alkanes of at least 4 members (excludes halogenated alkanes) is 28. The molecule has 0 aliphatic heterocycles. The number of carbonyl (C=O) groups excluding carboxylic acids is 2. The van der Waals surface area contributed by atoms with Gasteiger partial charge < -0.3 is 18.9 Å². The van der Waals surface area contributed by atoms with E-state index in [0.717, 1.165) is 89.9 Å². The summed E-state index contributed by atoms with van der Waals surface area (Å²) in [6.45, 7) is 4.32. The van der Waals surface area contributed by atoms with Crippen LogP contribution in [0.15, 0.2) is 0 Å². The number of phosphoric ester groups is 1. The Kier molecular flexibility index (Phi) is 43.5. The third-order valence-electron chi connectivity index (χ3n) is 10.8. The van der Waals surface area contributed by atoms with Gasteiger partial charge in [0.15, 0.2) is 6.10 Å². The molecular weight excluding hydrogens is 822 g/mol. The van der Waals surface area contributed by atoms with Crippen molar-refractivity contribution in [2.75, 3.05) is 47.5 Å². The fraction of sp³-hybridized carbons (Fsp3) is 0.815. The molecule has 366 valence electrons. The molecule has 0 fully saturated rings. The standard InChI is InChI=1S/C54H92NO8P/c1-6-8-10-12-14-16-18-20-22-24-26-28-30-32-34-36-38-40-42-44-46-53(56)60-50-52(51-62-64(58,59)61-49-48-55(3,4)5)63-54(57)47-45-43-41-39-37-35-33-31-29-27-25-23-21-19-17-15-13-11-9-7-2/h52H,6-23,32-51H2,1-5H3/p+1. The van der Waals surface area contributed by atoms with Crippen molar-refractivity contribution in [2.24, 2.45) is 0 Å². The van der Waals surface area contributed by atoms with E-state index in [-0.39, 0.29) is 26.1 Å². The lowest BCUT2D eigenvalue weighted by molar-refractivity contribution is -0.870. The Morgan fingerprint density at radius 2 is 0.828 bits per heavy atom. The zero-order valence-electron chi connectivity index (χ0n) is 41.6. The molecule has 0 rings (SSSR count). The lowest BCUT2D eigenvalue weighted by Crippen LogP contribution is -2.37. The van der Waals surface area contributed by atoms with Gasteiger partial charge in [-0.05, 0) is 62.2 Å². The Morgan fingerprint density at radius 3 is 1.20 bits per heavy atom. The summed E-state index contributed by atoms with van der Waals surface area (Å²) in [4.78, 5) is 35.5. The van der Waals surface area contributed by atoms with E-state index in [1.807, 2.05) is 21.1 Å². The molecule has 64 heavy (non-hydrogen) atoms. The van der Waals surface area contributed by atoms with Crippen LogP contribution in [0.5, 0.6) is 0 Å². The first-order valence-electron chi connectivity index (χ1n) is 25.7. The highest BCUT2D eigenvalue weighted by atomic mass is 31.2. The molecule has 0 aliphatic carbocycles. The number of ether oxygens (including phenoxy) is 2. The van der Waals surface area contributed by atoms with Crippen LogP contribution in [0, 0.1) is 47.4 Å². The number of esters is 2. The number of likely N-dealkylation sites (N-methyl/N-ethyl adjacent to an activating group) is 1. The zero-order valence-corrected chi connectivity index (χ0v) is 42.5. The van der Waals surface area contributed by atoms with E-state index in [2.05, 4.69) is 61.2 Å². The van der Waals surface area contributed by atoms with Crippen LogP contribution in [0.2, 0.25) is 0 Å². The average molecular weight is 915 g/mol. The molecule has 2 unspecified atom stereocenters. The molecule has 0 radical (unpaired) electrons. The van der Waals surface area contributed by atoms with E-state index in [9.17, 15) is 19.0 Å². The molecule has 0 bridgehead atoms. The average Bonchev–Trinajstić information content (AvgIpc) is 3.25. The van der Waals surface area contributed by atoms with Gasteiger partial charge in [0.05, 0.1) is 27.7 Å². The van der Waals surface area contributed by atoms with Crippen LogP contribution in [0.3, 0.4) is 0 Å². The maximum atomic E-state index is 12.7. The molecule has 2 atom stereocenters. The molecule has 0 aliphatic rings. The van der Waals surface area contributed by atoms with Crippen LogP contribution in [-0.2, 0) is 32.7 Å². The number of carbonyl (C=O) groups is 2. The largest absolute Gasteiger partial charge is 0.472 e. The van der Waals surface area contributed by atoms with Crippen LogP contribution in [0.4, 0.5) is 0 Å². The second kappa shape index (κ2) is 45.4. The molecule has 10 heteroatoms. The summed E-state index contributed by atoms with van der Waals surface area (Å²) >= 11 is 0. The highest BCUT2D eigenvalue weighted by Gasteiger charge is 2.27. The van der Waals surface area contributed by atoms with E-state index in [1.54, 1.807) is 0 Å². The molecule has 1 N–H and O–H groups in total. The van der Waals surface area contributed by atoms with Crippen LogP contribution in [-0.4, -0.2) is 74.9 Å². The highest BCUT2D eigenvalue weighted by molar-refractivity contribution is 7.47. The monoisotopic (exact) mass is 915 g/mol. The first-order chi connectivity index (χ1) is 31.0. The van der Waals surface area contributed by atoms with Crippen LogP contribution in [0.25, 0.3) is 0 Å². The number of phosphoric acid groups is 1. The number of nitrogens with zero attached hydrogens (tertiary/aromatic N) is 1. The smallest absolute Gasteiger partial charge is 0.462 e. The number of rotatable bonds is 42. The number of hydrogen-bond donors (Lipinski definition) is 1. The fourth-order valence-electron chi connectivity index (χ4n) is 6.76. The van der Waals surface area contributed by atoms with E-state index in [1.165, 1.54) is 103 Å². The Balaban J connectivity index is 4.35. The van der Waals surface area contributed by atoms with E-state index < -0.39 is 32.5 Å². The van der Waals surface area contributed by atoms with Crippen LogP contribution in [0.1, 0.15) is 232 Å². The minimum atomic E-state index is -4.40. The van der Waals surface area contributed by atoms with Gasteiger partial charge in [0.2, 0.25) is 0 Å². The third kappa shape index (κ3) is 48.7. The topological polar surface area (TPSA) is 108 Å². The van der Waals surface area contributed by atoms with Crippen molar-refractivity contribution in [1.82, 2.24) is 0 Å². The van der Waals surface area contributed by atoms with Crippen molar-refractivity contribution in [3.8, 4) is 47.4 Å². The lowest BCUT2D eigenvalue weighted by Gasteiger charge is -2.24. The Labute approximate surface area is 393 Å². The Hall–Kier alpha value is -2.75. The number of quaternary nitrogens is 1. The van der Waals surface area contributed by atoms with Crippen molar-refractivity contribution in [1.29, 1.82) is 0 Å². The van der Waals surface area contributed by atoms with Crippen molar-refractivity contribution >= 4 is 19.8 Å². The summed E-state index contributed by atoms with van der Waals surface area (Å²) in [5.74, 6) is 23.8. The van der Waals surface area contributed by atoms with Crippen LogP contribution < -0.4 is 0 Å². The Morgan fingerprint density at radius 1 is 0.484 bits per heavy atom. The molecule has 0 saturated heterocycles. The summed E-state index contributed by atoms with van der Waals surface area (Å²) in [6, 6.07) is 0. The molecule has 0 aromatic heterocycles. The molecule has 0 heterocycles. The summed E-state index contributed by atoms with van der Waals surface area (Å²) < 4.78 is 34.4. The maximum absolute atomic E-state index is 12.7. The molecule has 0 saturated carbocycles. The lowest BCUT2D eigenvalue weighted by atomic mass is 10.1. The van der Waals surface area contributed by atoms with Gasteiger partial charge in [0, 0.05) is 38.5 Å². The maximum Gasteiger partial charge on any atom is 0.472 e. The predicted octanol–water partition coefficient (Wildman–Crippen LogP) is 13.6. The first-order valence-corrected chi connectivity index (χ1v) is 27.2. The quantitative estimate of drug-likeness (QED) is 0.0212. The number of hydrogen-bond acceptors (Lipinski definition) is 7. The molecule has 0 amide bonds. The van der Waals surface area contributed by atoms with Gasteiger partial charge in [-0.25, -0.2) is 4.57 Å². The predicted molar refractivity (Wildman–Crippen MR) is 265 cm³/mol. The van der Waals surface area contributed by atoms with Gasteiger partial charge in [0.1, 0.15) is 19.8 Å². The van der Waals surface area contributed by atoms with Gasteiger partial charge in [0.25, 0.3) is 0 Å². The molecule has 0 aromatic carbocycles. The first kappa shape index (κ1) is 61.2. The fourth-order valence-corrected chi connectivity index (χ4v) is 7.51. The van der Waals surface area contributed by atoms with Gasteiger partial charge in [-0.3, -0.25) is 18.6 Å². The van der Waals surface area contributed by atoms with Crippen molar-refractivity contribution in [2.45, 2.75) is 238 Å². The summed E-state index contributed by atoms with van der Waals surface area (Å²) in [7, 11) is 1.42. The van der Waals surface area contributed by atoms with Crippen LogP contribution >= 0.6 is 7.82 Å². The second-order valence-corrected chi connectivity index (χ2v) is 19.8. The molecular formula is C54H93NO8P+. The van der Waals surface area contributed by atoms with E-state index >= 15 is 0 Å². The molecule has 0 spiro atoms. The summed E-state index contributed by atoms with van der Waals surface area (Å²) in [5.41, 5.74) is 0. The van der Waals surface area contributed by atoms with Crippen molar-refractivity contribution in [3.05, 3.63) is 0 Å². The second-order valence-electron chi connectivity index (χ2n) is 18.3.